The van der Waals surface area contributed by atoms with E-state index in [-0.39, 0.29) is 10.7 Å². The lowest BCUT2D eigenvalue weighted by Gasteiger charge is -2.25. The maximum absolute atomic E-state index is 12.6. The first-order valence-electron chi connectivity index (χ1n) is 6.91. The van der Waals surface area contributed by atoms with Gasteiger partial charge >= 0.3 is 0 Å². The van der Waals surface area contributed by atoms with Gasteiger partial charge in [0.05, 0.1) is 12.7 Å². The lowest BCUT2D eigenvalue weighted by atomic mass is 9.96. The smallest absolute Gasteiger partial charge is 0.296 e. The lowest BCUT2D eigenvalue weighted by Crippen LogP contribution is -2.31. The summed E-state index contributed by atoms with van der Waals surface area (Å²) in [4.78, 5) is 25.9. The first-order chi connectivity index (χ1) is 11.5. The molecule has 1 amide bonds. The Morgan fingerprint density at radius 2 is 2.17 bits per heavy atom. The molecule has 124 valence electrons. The zero-order valence-corrected chi connectivity index (χ0v) is 14.4. The third-order valence-corrected chi connectivity index (χ3v) is 4.74. The van der Waals surface area contributed by atoms with E-state index in [1.807, 2.05) is 0 Å². The van der Waals surface area contributed by atoms with Crippen molar-refractivity contribution in [3.8, 4) is 5.75 Å². The second kappa shape index (κ2) is 6.17. The zero-order valence-electron chi connectivity index (χ0n) is 12.8. The average Bonchev–Trinajstić information content (AvgIpc) is 3.09. The molecule has 0 saturated carbocycles. The number of nitrogens with zero attached hydrogens (tertiary/aromatic N) is 2. The molecular formula is C15H13N3O4S2. The van der Waals surface area contributed by atoms with Crippen molar-refractivity contribution in [1.29, 1.82) is 0 Å². The number of anilines is 1. The summed E-state index contributed by atoms with van der Waals surface area (Å²) in [6, 6.07) is 6.16. The highest BCUT2D eigenvalue weighted by Gasteiger charge is 2.45. The van der Waals surface area contributed by atoms with Crippen LogP contribution in [0.3, 0.4) is 0 Å². The van der Waals surface area contributed by atoms with E-state index >= 15 is 0 Å². The number of hydrogen-bond acceptors (Lipinski definition) is 7. The quantitative estimate of drug-likeness (QED) is 0.811. The number of ether oxygens (including phenoxy) is 1. The minimum absolute atomic E-state index is 0.00520. The highest BCUT2D eigenvalue weighted by atomic mass is 32.1. The summed E-state index contributed by atoms with van der Waals surface area (Å²) in [5.74, 6) is -1.19. The number of carbonyl (C=O) groups excluding carboxylic acids is 2. The molecule has 2 heterocycles. The number of nitrogens with one attached hydrogen (secondary N) is 1. The summed E-state index contributed by atoms with van der Waals surface area (Å²) in [5.41, 5.74) is 0.578. The summed E-state index contributed by atoms with van der Waals surface area (Å²) in [7, 11) is 1.50. The van der Waals surface area contributed by atoms with Gasteiger partial charge in [0, 0.05) is 5.56 Å². The Hall–Kier alpha value is -2.52. The molecule has 0 radical (unpaired) electrons. The van der Waals surface area contributed by atoms with Crippen LogP contribution in [0.1, 0.15) is 18.5 Å². The number of carbonyl (C=O) groups is 2. The Balaban J connectivity index is 2.24. The number of aliphatic hydroxyl groups is 1. The van der Waals surface area contributed by atoms with Gasteiger partial charge in [0.15, 0.2) is 15.5 Å². The lowest BCUT2D eigenvalue weighted by molar-refractivity contribution is -0.117. The topological polar surface area (TPSA) is 95.5 Å². The van der Waals surface area contributed by atoms with E-state index in [1.165, 1.54) is 18.9 Å². The first-order valence-corrected chi connectivity index (χ1v) is 8.14. The molecule has 2 N–H and O–H groups in total. The zero-order chi connectivity index (χ0) is 17.4. The van der Waals surface area contributed by atoms with E-state index < -0.39 is 23.5 Å². The molecule has 7 nitrogen and oxygen atoms in total. The molecule has 24 heavy (non-hydrogen) atoms. The standard InChI is InChI=1S/C15H13N3O4S2/c1-7(19)10-11(8-5-3-4-6-9(8)22-2)18(13(21)12(10)20)14-16-17-15(23)24-14/h3-6,11,20H,1-2H3,(H,17,23)/t11-/m1/s1. The molecular weight excluding hydrogens is 350 g/mol. The van der Waals surface area contributed by atoms with Gasteiger partial charge in [-0.05, 0) is 25.2 Å². The van der Waals surface area contributed by atoms with Crippen LogP contribution >= 0.6 is 23.6 Å². The summed E-state index contributed by atoms with van der Waals surface area (Å²) >= 11 is 6.10. The van der Waals surface area contributed by atoms with Gasteiger partial charge < -0.3 is 9.84 Å². The number of aromatic amines is 1. The van der Waals surface area contributed by atoms with Crippen molar-refractivity contribution in [2.75, 3.05) is 12.0 Å². The van der Waals surface area contributed by atoms with Crippen molar-refractivity contribution in [3.63, 3.8) is 0 Å². The molecule has 9 heteroatoms. The highest BCUT2D eigenvalue weighted by molar-refractivity contribution is 7.73. The molecule has 0 fully saturated rings. The van der Waals surface area contributed by atoms with Gasteiger partial charge in [-0.1, -0.05) is 29.5 Å². The summed E-state index contributed by atoms with van der Waals surface area (Å²) in [6.45, 7) is 1.30. The molecule has 0 saturated heterocycles. The first kappa shape index (κ1) is 16.3. The van der Waals surface area contributed by atoms with Crippen LogP contribution < -0.4 is 9.64 Å². The van der Waals surface area contributed by atoms with Crippen molar-refractivity contribution >= 4 is 40.4 Å². The number of hydrogen-bond donors (Lipinski definition) is 2. The third-order valence-electron chi connectivity index (χ3n) is 3.65. The maximum atomic E-state index is 12.6. The summed E-state index contributed by atoms with van der Waals surface area (Å²) < 4.78 is 5.73. The average molecular weight is 363 g/mol. The van der Waals surface area contributed by atoms with E-state index in [4.69, 9.17) is 17.0 Å². The Kier molecular flexibility index (Phi) is 4.20. The fraction of sp³-hybridized carbons (Fsp3) is 0.200. The van der Waals surface area contributed by atoms with Gasteiger partial charge in [-0.25, -0.2) is 0 Å². The molecule has 1 aromatic heterocycles. The van der Waals surface area contributed by atoms with Crippen LogP contribution in [-0.2, 0) is 9.59 Å². The van der Waals surface area contributed by atoms with Gasteiger partial charge in [-0.15, -0.1) is 5.10 Å². The van der Waals surface area contributed by atoms with Crippen molar-refractivity contribution in [1.82, 2.24) is 10.2 Å². The van der Waals surface area contributed by atoms with Crippen molar-refractivity contribution in [3.05, 3.63) is 45.1 Å². The molecule has 1 atom stereocenters. The molecule has 1 aliphatic rings. The van der Waals surface area contributed by atoms with E-state index in [2.05, 4.69) is 10.2 Å². The number of aromatic nitrogens is 2. The van der Waals surface area contributed by atoms with Crippen LogP contribution in [0.2, 0.25) is 0 Å². The van der Waals surface area contributed by atoms with Gasteiger partial charge in [0.1, 0.15) is 11.8 Å². The molecule has 0 bridgehead atoms. The van der Waals surface area contributed by atoms with Crippen LogP contribution in [0.4, 0.5) is 5.13 Å². The Morgan fingerprint density at radius 3 is 2.75 bits per heavy atom. The number of ketones is 1. The van der Waals surface area contributed by atoms with Crippen LogP contribution in [0.15, 0.2) is 35.6 Å². The number of methoxy groups -OCH3 is 1. The van der Waals surface area contributed by atoms with Gasteiger partial charge in [0.2, 0.25) is 5.13 Å². The van der Waals surface area contributed by atoms with E-state index in [0.717, 1.165) is 11.3 Å². The normalized spacial score (nSPS) is 17.5. The van der Waals surface area contributed by atoms with Gasteiger partial charge in [0.25, 0.3) is 5.91 Å². The van der Waals surface area contributed by atoms with Crippen LogP contribution in [0.5, 0.6) is 5.75 Å². The number of amides is 1. The number of aliphatic hydroxyl groups excluding tert-OH is 1. The third kappa shape index (κ3) is 2.51. The SMILES string of the molecule is COc1ccccc1[C@@H]1C(C(C)=O)=C(O)C(=O)N1c1n[nH]c(=S)s1. The number of para-hydroxylation sites is 1. The van der Waals surface area contributed by atoms with Crippen LogP contribution in [0, 0.1) is 3.95 Å². The highest BCUT2D eigenvalue weighted by Crippen LogP contribution is 2.44. The predicted molar refractivity (Wildman–Crippen MR) is 90.9 cm³/mol. The maximum Gasteiger partial charge on any atom is 0.296 e. The fourth-order valence-electron chi connectivity index (χ4n) is 2.67. The Bertz CT molecular complexity index is 915. The number of benzene rings is 1. The van der Waals surface area contributed by atoms with Crippen molar-refractivity contribution < 1.29 is 19.4 Å². The monoisotopic (exact) mass is 363 g/mol. The molecule has 1 aromatic carbocycles. The van der Waals surface area contributed by atoms with E-state index in [9.17, 15) is 14.7 Å². The Morgan fingerprint density at radius 1 is 1.46 bits per heavy atom. The molecule has 2 aromatic rings. The fourth-order valence-corrected chi connectivity index (χ4v) is 3.58. The van der Waals surface area contributed by atoms with E-state index in [0.29, 0.717) is 15.3 Å². The number of H-pyrrole nitrogens is 1. The Labute approximate surface area is 146 Å². The summed E-state index contributed by atoms with van der Waals surface area (Å²) in [5, 5.41) is 17.1. The largest absolute Gasteiger partial charge is 0.503 e. The predicted octanol–water partition coefficient (Wildman–Crippen LogP) is 2.70. The molecule has 0 spiro atoms. The minimum Gasteiger partial charge on any atom is -0.503 e. The number of rotatable bonds is 4. The minimum atomic E-state index is -0.833. The van der Waals surface area contributed by atoms with Crippen LogP contribution in [0.25, 0.3) is 0 Å². The second-order valence-electron chi connectivity index (χ2n) is 5.03. The molecule has 1 aliphatic heterocycles. The van der Waals surface area contributed by atoms with Gasteiger partial charge in [-0.2, -0.15) is 0 Å². The van der Waals surface area contributed by atoms with Crippen LogP contribution in [-0.4, -0.2) is 34.1 Å². The van der Waals surface area contributed by atoms with E-state index in [1.54, 1.807) is 24.3 Å². The molecule has 3 rings (SSSR count). The summed E-state index contributed by atoms with van der Waals surface area (Å²) in [6.07, 6.45) is 0. The molecule has 0 unspecified atom stereocenters. The van der Waals surface area contributed by atoms with Crippen molar-refractivity contribution in [2.45, 2.75) is 13.0 Å². The van der Waals surface area contributed by atoms with Crippen molar-refractivity contribution in [2.24, 2.45) is 0 Å². The molecule has 0 aliphatic carbocycles. The van der Waals surface area contributed by atoms with Gasteiger partial charge in [-0.3, -0.25) is 19.6 Å². The second-order valence-corrected chi connectivity index (χ2v) is 6.68. The number of Topliss-reactive ketones (excluding diaryl/α,β-unsaturated/α-hetero) is 1.